The lowest BCUT2D eigenvalue weighted by Gasteiger charge is -2.26. The lowest BCUT2D eigenvalue weighted by atomic mass is 10.0. The minimum atomic E-state index is -0.197. The molecular weight excluding hydrogens is 516 g/mol. The van der Waals surface area contributed by atoms with Crippen LogP contribution in [-0.2, 0) is 0 Å². The molecule has 2 N–H and O–H groups in total. The largest absolute Gasteiger partial charge is 0.456 e. The smallest absolute Gasteiger partial charge is 0.200 e. The van der Waals surface area contributed by atoms with Gasteiger partial charge in [-0.25, -0.2) is 0 Å². The normalized spacial score (nSPS) is 16.9. The van der Waals surface area contributed by atoms with Gasteiger partial charge in [0.2, 0.25) is 5.43 Å². The van der Waals surface area contributed by atoms with E-state index in [0.717, 1.165) is 104 Å². The van der Waals surface area contributed by atoms with Crippen molar-refractivity contribution in [1.29, 1.82) is 0 Å². The molecule has 2 aromatic carbocycles. The maximum Gasteiger partial charge on any atom is 0.200 e. The number of hydrogen-bond acceptors (Lipinski definition) is 8. The molecule has 5 rings (SSSR count). The summed E-state index contributed by atoms with van der Waals surface area (Å²) in [6.07, 6.45) is 6.86. The predicted molar refractivity (Wildman–Crippen MR) is 164 cm³/mol. The van der Waals surface area contributed by atoms with Crippen LogP contribution in [0.3, 0.4) is 0 Å². The van der Waals surface area contributed by atoms with Crippen molar-refractivity contribution in [3.05, 3.63) is 57.7 Å². The molecule has 0 amide bonds. The van der Waals surface area contributed by atoms with E-state index in [-0.39, 0.29) is 17.0 Å². The zero-order valence-corrected chi connectivity index (χ0v) is 24.2. The Morgan fingerprint density at radius 2 is 1.07 bits per heavy atom. The number of carbonyl (C=O) groups excluding carboxylic acids is 2. The van der Waals surface area contributed by atoms with Crippen molar-refractivity contribution in [3.63, 3.8) is 0 Å². The standard InChI is InChI=1S/C33H44N4O4/c38-29(7-3-1-5-17-36-19-13-34-14-20-36)25-9-11-31-27(23-25)33(40)28-24-26(10-12-32(28)41-31)30(39)8-4-2-6-18-37-21-15-35-16-22-37/h9-12,23-24,34-35H,1-8,13-22H2. The number of fused-ring (bicyclic) bond motifs is 2. The summed E-state index contributed by atoms with van der Waals surface area (Å²) in [5.74, 6) is 0.101. The Morgan fingerprint density at radius 3 is 1.51 bits per heavy atom. The van der Waals surface area contributed by atoms with Crippen LogP contribution in [0, 0.1) is 0 Å². The number of nitrogens with zero attached hydrogens (tertiary/aromatic N) is 2. The number of benzene rings is 2. The Balaban J connectivity index is 1.16. The van der Waals surface area contributed by atoms with E-state index in [1.54, 1.807) is 36.4 Å². The van der Waals surface area contributed by atoms with Gasteiger partial charge in [0.15, 0.2) is 11.6 Å². The molecule has 0 atom stereocenters. The van der Waals surface area contributed by atoms with Crippen molar-refractivity contribution >= 4 is 33.5 Å². The number of unbranched alkanes of at least 4 members (excludes halogenated alkanes) is 4. The number of nitrogens with one attached hydrogen (secondary N) is 2. The van der Waals surface area contributed by atoms with Crippen LogP contribution in [0.1, 0.15) is 72.1 Å². The van der Waals surface area contributed by atoms with Crippen LogP contribution in [0.2, 0.25) is 0 Å². The molecule has 1 aromatic heterocycles. The van der Waals surface area contributed by atoms with Crippen molar-refractivity contribution < 1.29 is 14.0 Å². The average Bonchev–Trinajstić information content (AvgIpc) is 3.01. The minimum absolute atomic E-state index is 0.0504. The van der Waals surface area contributed by atoms with E-state index in [4.69, 9.17) is 4.42 Å². The summed E-state index contributed by atoms with van der Waals surface area (Å²) < 4.78 is 6.00. The van der Waals surface area contributed by atoms with E-state index < -0.39 is 0 Å². The van der Waals surface area contributed by atoms with Crippen molar-refractivity contribution in [3.8, 4) is 0 Å². The van der Waals surface area contributed by atoms with Gasteiger partial charge in [-0.15, -0.1) is 0 Å². The van der Waals surface area contributed by atoms with Gasteiger partial charge >= 0.3 is 0 Å². The van der Waals surface area contributed by atoms with E-state index in [9.17, 15) is 14.4 Å². The van der Waals surface area contributed by atoms with Crippen molar-refractivity contribution in [2.24, 2.45) is 0 Å². The van der Waals surface area contributed by atoms with Gasteiger partial charge in [-0.2, -0.15) is 0 Å². The molecule has 8 nitrogen and oxygen atoms in total. The van der Waals surface area contributed by atoms with Crippen molar-refractivity contribution in [2.75, 3.05) is 65.4 Å². The molecule has 2 fully saturated rings. The van der Waals surface area contributed by atoms with Crippen LogP contribution in [0.25, 0.3) is 21.9 Å². The molecule has 0 spiro atoms. The number of carbonyl (C=O) groups is 2. The minimum Gasteiger partial charge on any atom is -0.456 e. The summed E-state index contributed by atoms with van der Waals surface area (Å²) in [5, 5.41) is 7.52. The zero-order chi connectivity index (χ0) is 28.4. The Hall–Kier alpha value is -2.91. The first-order valence-corrected chi connectivity index (χ1v) is 15.5. The Morgan fingerprint density at radius 1 is 0.634 bits per heavy atom. The molecule has 3 aromatic rings. The SMILES string of the molecule is O=C(CCCCCN1CCNCC1)c1ccc2oc3ccc(C(=O)CCCCCN4CCNCC4)cc3c(=O)c2c1. The third kappa shape index (κ3) is 8.10. The maximum atomic E-state index is 13.4. The fraction of sp³-hybridized carbons (Fsp3) is 0.545. The van der Waals surface area contributed by atoms with Crippen molar-refractivity contribution in [1.82, 2.24) is 20.4 Å². The molecule has 41 heavy (non-hydrogen) atoms. The number of hydrogen-bond donors (Lipinski definition) is 2. The van der Waals surface area contributed by atoms with Crippen LogP contribution in [-0.4, -0.2) is 86.8 Å². The van der Waals surface area contributed by atoms with E-state index in [1.165, 1.54) is 0 Å². The summed E-state index contributed by atoms with van der Waals surface area (Å²) in [6.45, 7) is 10.8. The highest BCUT2D eigenvalue weighted by atomic mass is 16.3. The highest BCUT2D eigenvalue weighted by Crippen LogP contribution is 2.22. The van der Waals surface area contributed by atoms with Gasteiger partial charge in [-0.3, -0.25) is 14.4 Å². The second kappa shape index (κ2) is 14.8. The quantitative estimate of drug-likeness (QED) is 0.172. The third-order valence-corrected chi connectivity index (χ3v) is 8.49. The third-order valence-electron chi connectivity index (χ3n) is 8.49. The Labute approximate surface area is 242 Å². The second-order valence-electron chi connectivity index (χ2n) is 11.5. The fourth-order valence-corrected chi connectivity index (χ4v) is 5.96. The first-order valence-electron chi connectivity index (χ1n) is 15.5. The molecule has 3 heterocycles. The highest BCUT2D eigenvalue weighted by molar-refractivity contribution is 6.02. The van der Waals surface area contributed by atoms with Crippen molar-refractivity contribution in [2.45, 2.75) is 51.4 Å². The van der Waals surface area contributed by atoms with Crippen LogP contribution in [0.4, 0.5) is 0 Å². The molecule has 0 saturated carbocycles. The van der Waals surface area contributed by atoms with Gasteiger partial charge < -0.3 is 24.9 Å². The zero-order valence-electron chi connectivity index (χ0n) is 24.2. The molecule has 0 radical (unpaired) electrons. The number of rotatable bonds is 14. The topological polar surface area (TPSA) is 94.9 Å². The van der Waals surface area contributed by atoms with Crippen LogP contribution >= 0.6 is 0 Å². The summed E-state index contributed by atoms with van der Waals surface area (Å²) in [4.78, 5) is 44.2. The molecule has 2 saturated heterocycles. The van der Waals surface area contributed by atoms with Gasteiger partial charge in [0.05, 0.1) is 10.8 Å². The van der Waals surface area contributed by atoms with Gasteiger partial charge in [0.25, 0.3) is 0 Å². The summed E-state index contributed by atoms with van der Waals surface area (Å²) >= 11 is 0. The summed E-state index contributed by atoms with van der Waals surface area (Å²) in [5.41, 5.74) is 1.80. The number of piperazine rings is 2. The van der Waals surface area contributed by atoms with E-state index in [2.05, 4.69) is 20.4 Å². The molecule has 2 aliphatic heterocycles. The summed E-state index contributed by atoms with van der Waals surface area (Å²) in [7, 11) is 0. The highest BCUT2D eigenvalue weighted by Gasteiger charge is 2.15. The molecular formula is C33H44N4O4. The van der Waals surface area contributed by atoms with Gasteiger partial charge in [0.1, 0.15) is 11.2 Å². The average molecular weight is 561 g/mol. The monoisotopic (exact) mass is 560 g/mol. The first-order chi connectivity index (χ1) is 20.1. The number of ketones is 2. The molecule has 0 bridgehead atoms. The maximum absolute atomic E-state index is 13.4. The second-order valence-corrected chi connectivity index (χ2v) is 11.5. The van der Waals surface area contributed by atoms with E-state index in [1.807, 2.05) is 0 Å². The van der Waals surface area contributed by atoms with E-state index >= 15 is 0 Å². The van der Waals surface area contributed by atoms with E-state index in [0.29, 0.717) is 45.9 Å². The summed E-state index contributed by atoms with van der Waals surface area (Å²) in [6, 6.07) is 10.3. The Bertz CT molecular complexity index is 1290. The first kappa shape index (κ1) is 29.6. The predicted octanol–water partition coefficient (Wildman–Crippen LogP) is 4.24. The van der Waals surface area contributed by atoms with Gasteiger partial charge in [-0.05, 0) is 75.2 Å². The van der Waals surface area contributed by atoms with Crippen LogP contribution < -0.4 is 16.1 Å². The number of Topliss-reactive ketones (excluding diaryl/α,β-unsaturated/α-hetero) is 2. The molecule has 2 aliphatic rings. The lowest BCUT2D eigenvalue weighted by Crippen LogP contribution is -2.43. The van der Waals surface area contributed by atoms with Gasteiger partial charge in [0, 0.05) is 76.3 Å². The van der Waals surface area contributed by atoms with Crippen LogP contribution in [0.15, 0.2) is 45.6 Å². The van der Waals surface area contributed by atoms with Gasteiger partial charge in [-0.1, -0.05) is 12.8 Å². The molecule has 0 aliphatic carbocycles. The molecule has 220 valence electrons. The molecule has 0 unspecified atom stereocenters. The fourth-order valence-electron chi connectivity index (χ4n) is 5.96. The Kier molecular flexibility index (Phi) is 10.7. The van der Waals surface area contributed by atoms with Crippen LogP contribution in [0.5, 0.6) is 0 Å². The molecule has 8 heteroatoms. The lowest BCUT2D eigenvalue weighted by molar-refractivity contribution is 0.0971.